The number of piperidine rings is 1. The van der Waals surface area contributed by atoms with Gasteiger partial charge in [-0.1, -0.05) is 37.5 Å². The van der Waals surface area contributed by atoms with Crippen LogP contribution in [0.25, 0.3) is 0 Å². The molecule has 1 heterocycles. The second-order valence-corrected chi connectivity index (χ2v) is 7.68. The van der Waals surface area contributed by atoms with Crippen LogP contribution in [-0.2, 0) is 11.2 Å². The van der Waals surface area contributed by atoms with Gasteiger partial charge >= 0.3 is 6.03 Å². The lowest BCUT2D eigenvalue weighted by Crippen LogP contribution is -2.49. The van der Waals surface area contributed by atoms with Crippen LogP contribution in [0.2, 0.25) is 0 Å². The molecule has 1 saturated heterocycles. The number of hydrogen-bond donors (Lipinski definition) is 2. The summed E-state index contributed by atoms with van der Waals surface area (Å²) in [7, 11) is 0. The molecule has 2 N–H and O–H groups in total. The van der Waals surface area contributed by atoms with Crippen LogP contribution < -0.4 is 10.6 Å². The van der Waals surface area contributed by atoms with Crippen molar-refractivity contribution in [3.8, 4) is 0 Å². The fraction of sp³-hybridized carbons (Fsp3) is 0.619. The van der Waals surface area contributed by atoms with E-state index in [-0.39, 0.29) is 23.7 Å². The van der Waals surface area contributed by atoms with Crippen molar-refractivity contribution in [2.75, 3.05) is 19.6 Å². The number of halogens is 1. The van der Waals surface area contributed by atoms with Crippen molar-refractivity contribution in [3.63, 3.8) is 0 Å². The van der Waals surface area contributed by atoms with Crippen LogP contribution >= 0.6 is 0 Å². The van der Waals surface area contributed by atoms with Gasteiger partial charge in [0.2, 0.25) is 5.91 Å². The van der Waals surface area contributed by atoms with Gasteiger partial charge in [-0.05, 0) is 43.7 Å². The summed E-state index contributed by atoms with van der Waals surface area (Å²) in [5.74, 6) is -0.285. The number of carbonyl (C=O) groups is 2. The first-order valence-electron chi connectivity index (χ1n) is 10.2. The SMILES string of the molecule is O=C(NCCc1ccccc1F)C1CCN(C(=O)NC2CCCCC2)CC1. The Morgan fingerprint density at radius 2 is 1.74 bits per heavy atom. The van der Waals surface area contributed by atoms with Crippen molar-refractivity contribution in [1.29, 1.82) is 0 Å². The lowest BCUT2D eigenvalue weighted by Gasteiger charge is -2.33. The molecule has 6 heteroatoms. The van der Waals surface area contributed by atoms with E-state index in [1.807, 2.05) is 4.90 Å². The second-order valence-electron chi connectivity index (χ2n) is 7.68. The molecule has 0 radical (unpaired) electrons. The smallest absolute Gasteiger partial charge is 0.317 e. The van der Waals surface area contributed by atoms with E-state index in [9.17, 15) is 14.0 Å². The van der Waals surface area contributed by atoms with Gasteiger partial charge in [0.15, 0.2) is 0 Å². The topological polar surface area (TPSA) is 61.4 Å². The molecule has 2 aliphatic rings. The number of urea groups is 1. The normalized spacial score (nSPS) is 18.9. The largest absolute Gasteiger partial charge is 0.356 e. The van der Waals surface area contributed by atoms with E-state index >= 15 is 0 Å². The predicted molar refractivity (Wildman–Crippen MR) is 103 cm³/mol. The van der Waals surface area contributed by atoms with Crippen molar-refractivity contribution < 1.29 is 14.0 Å². The monoisotopic (exact) mass is 375 g/mol. The molecule has 3 rings (SSSR count). The molecule has 2 fully saturated rings. The molecule has 1 aliphatic heterocycles. The number of nitrogens with one attached hydrogen (secondary N) is 2. The highest BCUT2D eigenvalue weighted by Crippen LogP contribution is 2.20. The number of hydrogen-bond acceptors (Lipinski definition) is 2. The lowest BCUT2D eigenvalue weighted by atomic mass is 9.95. The van der Waals surface area contributed by atoms with Gasteiger partial charge in [0.1, 0.15) is 5.82 Å². The summed E-state index contributed by atoms with van der Waals surface area (Å²) in [6.07, 6.45) is 7.66. The number of nitrogens with zero attached hydrogens (tertiary/aromatic N) is 1. The molecule has 0 spiro atoms. The summed E-state index contributed by atoms with van der Waals surface area (Å²) in [6.45, 7) is 1.66. The summed E-state index contributed by atoms with van der Waals surface area (Å²) in [6, 6.07) is 6.96. The zero-order valence-corrected chi connectivity index (χ0v) is 15.9. The quantitative estimate of drug-likeness (QED) is 0.830. The molecule has 3 amide bonds. The highest BCUT2D eigenvalue weighted by Gasteiger charge is 2.28. The van der Waals surface area contributed by atoms with E-state index in [1.165, 1.54) is 25.3 Å². The van der Waals surface area contributed by atoms with Gasteiger partial charge in [-0.2, -0.15) is 0 Å². The first-order valence-corrected chi connectivity index (χ1v) is 10.2. The number of carbonyl (C=O) groups excluding carboxylic acids is 2. The maximum Gasteiger partial charge on any atom is 0.317 e. The Balaban J connectivity index is 1.36. The minimum atomic E-state index is -0.232. The Labute approximate surface area is 160 Å². The van der Waals surface area contributed by atoms with E-state index in [2.05, 4.69) is 10.6 Å². The number of amides is 3. The second kappa shape index (κ2) is 9.72. The fourth-order valence-electron chi connectivity index (χ4n) is 4.02. The Hall–Kier alpha value is -2.11. The zero-order chi connectivity index (χ0) is 19.1. The minimum Gasteiger partial charge on any atom is -0.356 e. The standard InChI is InChI=1S/C21H30FN3O2/c22-19-9-5-4-6-16(19)10-13-23-20(26)17-11-14-25(15-12-17)21(27)24-18-7-2-1-3-8-18/h4-6,9,17-18H,1-3,7-8,10-15H2,(H,23,26)(H,24,27). The molecule has 27 heavy (non-hydrogen) atoms. The Morgan fingerprint density at radius 1 is 1.04 bits per heavy atom. The Kier molecular flexibility index (Phi) is 7.07. The van der Waals surface area contributed by atoms with Gasteiger partial charge in [0, 0.05) is 31.6 Å². The molecule has 5 nitrogen and oxygen atoms in total. The summed E-state index contributed by atoms with van der Waals surface area (Å²) >= 11 is 0. The summed E-state index contributed by atoms with van der Waals surface area (Å²) < 4.78 is 13.6. The lowest BCUT2D eigenvalue weighted by molar-refractivity contribution is -0.126. The van der Waals surface area contributed by atoms with E-state index in [4.69, 9.17) is 0 Å². The van der Waals surface area contributed by atoms with Crippen LogP contribution in [0.15, 0.2) is 24.3 Å². The molecule has 1 aromatic rings. The van der Waals surface area contributed by atoms with Gasteiger partial charge in [-0.25, -0.2) is 9.18 Å². The molecule has 0 unspecified atom stereocenters. The first-order chi connectivity index (χ1) is 13.1. The van der Waals surface area contributed by atoms with E-state index in [1.54, 1.807) is 18.2 Å². The van der Waals surface area contributed by atoms with Crippen LogP contribution in [0.4, 0.5) is 9.18 Å². The minimum absolute atomic E-state index is 0.0127. The summed E-state index contributed by atoms with van der Waals surface area (Å²) in [5.41, 5.74) is 0.618. The van der Waals surface area contributed by atoms with Gasteiger partial charge in [0.05, 0.1) is 0 Å². The van der Waals surface area contributed by atoms with Crippen molar-refractivity contribution in [2.24, 2.45) is 5.92 Å². The maximum atomic E-state index is 13.6. The molecule has 0 atom stereocenters. The molecule has 0 aromatic heterocycles. The van der Waals surface area contributed by atoms with E-state index < -0.39 is 0 Å². The molecule has 0 bridgehead atoms. The van der Waals surface area contributed by atoms with Crippen LogP contribution in [0, 0.1) is 11.7 Å². The average Bonchev–Trinajstić information content (AvgIpc) is 2.70. The van der Waals surface area contributed by atoms with Gasteiger partial charge in [-0.15, -0.1) is 0 Å². The van der Waals surface area contributed by atoms with Gasteiger partial charge in [0.25, 0.3) is 0 Å². The van der Waals surface area contributed by atoms with Crippen LogP contribution in [0.5, 0.6) is 0 Å². The van der Waals surface area contributed by atoms with Crippen molar-refractivity contribution in [2.45, 2.75) is 57.4 Å². The van der Waals surface area contributed by atoms with Crippen LogP contribution in [0.1, 0.15) is 50.5 Å². The predicted octanol–water partition coefficient (Wildman–Crippen LogP) is 3.24. The zero-order valence-electron chi connectivity index (χ0n) is 15.9. The summed E-state index contributed by atoms with van der Waals surface area (Å²) in [5, 5.41) is 6.05. The average molecular weight is 375 g/mol. The van der Waals surface area contributed by atoms with Crippen molar-refractivity contribution in [1.82, 2.24) is 15.5 Å². The third-order valence-corrected chi connectivity index (χ3v) is 5.74. The molecule has 1 aliphatic carbocycles. The molecule has 148 valence electrons. The summed E-state index contributed by atoms with van der Waals surface area (Å²) in [4.78, 5) is 26.6. The van der Waals surface area contributed by atoms with Crippen molar-refractivity contribution in [3.05, 3.63) is 35.6 Å². The Morgan fingerprint density at radius 3 is 2.44 bits per heavy atom. The maximum absolute atomic E-state index is 13.6. The van der Waals surface area contributed by atoms with Crippen molar-refractivity contribution >= 4 is 11.9 Å². The third-order valence-electron chi connectivity index (χ3n) is 5.74. The molecular weight excluding hydrogens is 345 g/mol. The Bertz CT molecular complexity index is 638. The van der Waals surface area contributed by atoms with Gasteiger partial charge in [-0.3, -0.25) is 4.79 Å². The molecular formula is C21H30FN3O2. The van der Waals surface area contributed by atoms with Crippen LogP contribution in [-0.4, -0.2) is 42.5 Å². The first kappa shape index (κ1) is 19.6. The fourth-order valence-corrected chi connectivity index (χ4v) is 4.02. The molecule has 1 aromatic carbocycles. The highest BCUT2D eigenvalue weighted by molar-refractivity contribution is 5.79. The third kappa shape index (κ3) is 5.68. The highest BCUT2D eigenvalue weighted by atomic mass is 19.1. The molecule has 1 saturated carbocycles. The number of likely N-dealkylation sites (tertiary alicyclic amines) is 1. The number of rotatable bonds is 5. The van der Waals surface area contributed by atoms with Crippen LogP contribution in [0.3, 0.4) is 0 Å². The van der Waals surface area contributed by atoms with E-state index in [0.29, 0.717) is 50.5 Å². The number of benzene rings is 1. The van der Waals surface area contributed by atoms with E-state index in [0.717, 1.165) is 12.8 Å². The van der Waals surface area contributed by atoms with Gasteiger partial charge < -0.3 is 15.5 Å².